The lowest BCUT2D eigenvalue weighted by molar-refractivity contribution is 0.0248. The van der Waals surface area contributed by atoms with Gasteiger partial charge in [-0.25, -0.2) is 4.79 Å². The average Bonchev–Trinajstić information content (AvgIpc) is 2.73. The molecule has 2 aromatic rings. The zero-order chi connectivity index (χ0) is 18.0. The number of hydrogen-bond donors (Lipinski definition) is 0. The van der Waals surface area contributed by atoms with Crippen LogP contribution in [-0.4, -0.2) is 34.7 Å². The SMILES string of the molecule is C[C@H]1CN(C(=O)OC(C)(C)C)CCc2ccc(-c3ccccn3)cc21. The number of nitrogens with zero attached hydrogens (tertiary/aromatic N) is 2. The van der Waals surface area contributed by atoms with Crippen molar-refractivity contribution in [3.05, 3.63) is 53.7 Å². The number of carbonyl (C=O) groups excluding carboxylic acids is 1. The Morgan fingerprint density at radius 2 is 2.04 bits per heavy atom. The van der Waals surface area contributed by atoms with Crippen LogP contribution in [0.2, 0.25) is 0 Å². The van der Waals surface area contributed by atoms with Gasteiger partial charge in [-0.1, -0.05) is 25.1 Å². The standard InChI is InChI=1S/C21H26N2O2/c1-15-14-23(20(24)25-21(2,3)4)12-10-16-8-9-17(13-18(15)16)19-7-5-6-11-22-19/h5-9,11,13,15H,10,12,14H2,1-4H3/t15-/m0/s1. The van der Waals surface area contributed by atoms with Gasteiger partial charge in [0.1, 0.15) is 5.60 Å². The minimum atomic E-state index is -0.467. The molecule has 0 bridgehead atoms. The van der Waals surface area contributed by atoms with E-state index in [9.17, 15) is 4.79 Å². The highest BCUT2D eigenvalue weighted by Crippen LogP contribution is 2.30. The van der Waals surface area contributed by atoms with Gasteiger partial charge < -0.3 is 9.64 Å². The van der Waals surface area contributed by atoms with E-state index < -0.39 is 5.60 Å². The summed E-state index contributed by atoms with van der Waals surface area (Å²) >= 11 is 0. The Kier molecular flexibility index (Phi) is 4.80. The zero-order valence-electron chi connectivity index (χ0n) is 15.5. The normalized spacial score (nSPS) is 17.6. The molecule has 132 valence electrons. The molecule has 2 heterocycles. The van der Waals surface area contributed by atoms with Gasteiger partial charge in [-0.15, -0.1) is 0 Å². The lowest BCUT2D eigenvalue weighted by atomic mass is 9.92. The van der Waals surface area contributed by atoms with Crippen LogP contribution in [0.25, 0.3) is 11.3 Å². The summed E-state index contributed by atoms with van der Waals surface area (Å²) < 4.78 is 5.55. The number of ether oxygens (including phenoxy) is 1. The van der Waals surface area contributed by atoms with E-state index in [1.54, 1.807) is 0 Å². The summed E-state index contributed by atoms with van der Waals surface area (Å²) in [5, 5.41) is 0. The number of fused-ring (bicyclic) bond motifs is 1. The molecule has 1 aliphatic rings. The summed E-state index contributed by atoms with van der Waals surface area (Å²) in [6, 6.07) is 12.5. The van der Waals surface area contributed by atoms with E-state index in [4.69, 9.17) is 4.74 Å². The molecule has 1 aromatic carbocycles. The highest BCUT2D eigenvalue weighted by molar-refractivity contribution is 5.69. The van der Waals surface area contributed by atoms with Gasteiger partial charge in [0, 0.05) is 24.8 Å². The monoisotopic (exact) mass is 338 g/mol. The first kappa shape index (κ1) is 17.5. The van der Waals surface area contributed by atoms with Crippen LogP contribution in [-0.2, 0) is 11.2 Å². The quantitative estimate of drug-likeness (QED) is 0.760. The molecule has 3 rings (SSSR count). The molecule has 0 radical (unpaired) electrons. The minimum absolute atomic E-state index is 0.225. The number of hydrogen-bond acceptors (Lipinski definition) is 3. The van der Waals surface area contributed by atoms with E-state index in [-0.39, 0.29) is 12.0 Å². The molecule has 0 spiro atoms. The van der Waals surface area contributed by atoms with Crippen molar-refractivity contribution in [3.8, 4) is 11.3 Å². The second kappa shape index (κ2) is 6.87. The molecule has 25 heavy (non-hydrogen) atoms. The Morgan fingerprint density at radius 3 is 2.72 bits per heavy atom. The van der Waals surface area contributed by atoms with Crippen molar-refractivity contribution < 1.29 is 9.53 Å². The van der Waals surface area contributed by atoms with Gasteiger partial charge in [0.15, 0.2) is 0 Å². The van der Waals surface area contributed by atoms with Crippen LogP contribution in [0.4, 0.5) is 4.79 Å². The molecule has 1 aliphatic heterocycles. The first-order chi connectivity index (χ1) is 11.8. The topological polar surface area (TPSA) is 42.4 Å². The molecule has 0 N–H and O–H groups in total. The van der Waals surface area contributed by atoms with Crippen molar-refractivity contribution in [1.29, 1.82) is 0 Å². The maximum atomic E-state index is 12.4. The van der Waals surface area contributed by atoms with Crippen LogP contribution in [0, 0.1) is 0 Å². The Labute approximate surface area is 149 Å². The Balaban J connectivity index is 1.83. The van der Waals surface area contributed by atoms with E-state index in [1.165, 1.54) is 11.1 Å². The molecule has 4 nitrogen and oxygen atoms in total. The number of aromatic nitrogens is 1. The Bertz CT molecular complexity index is 750. The number of amides is 1. The molecule has 0 saturated carbocycles. The molecule has 1 aromatic heterocycles. The minimum Gasteiger partial charge on any atom is -0.444 e. The summed E-state index contributed by atoms with van der Waals surface area (Å²) in [5.74, 6) is 0.258. The van der Waals surface area contributed by atoms with Gasteiger partial charge in [0.2, 0.25) is 0 Å². The third-order valence-corrected chi connectivity index (χ3v) is 4.43. The second-order valence-corrected chi connectivity index (χ2v) is 7.71. The molecule has 0 aliphatic carbocycles. The number of rotatable bonds is 1. The predicted molar refractivity (Wildman–Crippen MR) is 99.6 cm³/mol. The molecular weight excluding hydrogens is 312 g/mol. The van der Waals surface area contributed by atoms with Crippen molar-refractivity contribution in [2.75, 3.05) is 13.1 Å². The van der Waals surface area contributed by atoms with Crippen LogP contribution < -0.4 is 0 Å². The summed E-state index contributed by atoms with van der Waals surface area (Å²) in [4.78, 5) is 18.7. The van der Waals surface area contributed by atoms with Crippen molar-refractivity contribution in [3.63, 3.8) is 0 Å². The van der Waals surface area contributed by atoms with Crippen LogP contribution >= 0.6 is 0 Å². The van der Waals surface area contributed by atoms with Crippen molar-refractivity contribution in [2.45, 2.75) is 45.6 Å². The molecule has 4 heteroatoms. The van der Waals surface area contributed by atoms with Gasteiger partial charge in [0.25, 0.3) is 0 Å². The highest BCUT2D eigenvalue weighted by atomic mass is 16.6. The summed E-state index contributed by atoms with van der Waals surface area (Å²) in [6.07, 6.45) is 2.44. The number of pyridine rings is 1. The fraction of sp³-hybridized carbons (Fsp3) is 0.429. The maximum absolute atomic E-state index is 12.4. The summed E-state index contributed by atoms with van der Waals surface area (Å²) in [7, 11) is 0. The Hall–Kier alpha value is -2.36. The molecule has 1 amide bonds. The van der Waals surface area contributed by atoms with E-state index >= 15 is 0 Å². The first-order valence-corrected chi connectivity index (χ1v) is 8.85. The zero-order valence-corrected chi connectivity index (χ0v) is 15.5. The van der Waals surface area contributed by atoms with E-state index in [1.807, 2.05) is 50.1 Å². The maximum Gasteiger partial charge on any atom is 0.410 e. The van der Waals surface area contributed by atoms with Crippen LogP contribution in [0.15, 0.2) is 42.6 Å². The fourth-order valence-electron chi connectivity index (χ4n) is 3.24. The van der Waals surface area contributed by atoms with E-state index in [0.717, 1.165) is 17.7 Å². The lowest BCUT2D eigenvalue weighted by Crippen LogP contribution is -2.38. The predicted octanol–water partition coefficient (Wildman–Crippen LogP) is 4.65. The van der Waals surface area contributed by atoms with Gasteiger partial charge in [0.05, 0.1) is 5.69 Å². The van der Waals surface area contributed by atoms with E-state index in [2.05, 4.69) is 30.1 Å². The van der Waals surface area contributed by atoms with Crippen molar-refractivity contribution >= 4 is 6.09 Å². The Morgan fingerprint density at radius 1 is 1.24 bits per heavy atom. The number of carbonyl (C=O) groups is 1. The smallest absolute Gasteiger partial charge is 0.410 e. The van der Waals surface area contributed by atoms with Crippen LogP contribution in [0.1, 0.15) is 44.7 Å². The van der Waals surface area contributed by atoms with Gasteiger partial charge >= 0.3 is 6.09 Å². The third-order valence-electron chi connectivity index (χ3n) is 4.43. The van der Waals surface area contributed by atoms with Crippen LogP contribution in [0.5, 0.6) is 0 Å². The van der Waals surface area contributed by atoms with Crippen molar-refractivity contribution in [2.24, 2.45) is 0 Å². The molecular formula is C21H26N2O2. The van der Waals surface area contributed by atoms with Crippen LogP contribution in [0.3, 0.4) is 0 Å². The lowest BCUT2D eigenvalue weighted by Gasteiger charge is -2.27. The second-order valence-electron chi connectivity index (χ2n) is 7.71. The molecule has 0 saturated heterocycles. The molecule has 0 unspecified atom stereocenters. The van der Waals surface area contributed by atoms with E-state index in [0.29, 0.717) is 13.1 Å². The fourth-order valence-corrected chi connectivity index (χ4v) is 3.24. The third kappa shape index (κ3) is 4.19. The number of benzene rings is 1. The van der Waals surface area contributed by atoms with Gasteiger partial charge in [-0.2, -0.15) is 0 Å². The first-order valence-electron chi connectivity index (χ1n) is 8.85. The highest BCUT2D eigenvalue weighted by Gasteiger charge is 2.27. The largest absolute Gasteiger partial charge is 0.444 e. The summed E-state index contributed by atoms with van der Waals surface area (Å²) in [5.41, 5.74) is 4.24. The van der Waals surface area contributed by atoms with Gasteiger partial charge in [-0.05, 0) is 62.4 Å². The molecule has 0 fully saturated rings. The summed E-state index contributed by atoms with van der Waals surface area (Å²) in [6.45, 7) is 9.24. The van der Waals surface area contributed by atoms with Crippen molar-refractivity contribution in [1.82, 2.24) is 9.88 Å². The molecule has 1 atom stereocenters. The average molecular weight is 338 g/mol. The van der Waals surface area contributed by atoms with Gasteiger partial charge in [-0.3, -0.25) is 4.98 Å².